The zero-order valence-electron chi connectivity index (χ0n) is 42.7. The first-order chi connectivity index (χ1) is 35.7. The standard InChI is InChI=1S/C47H79ClN16O11/c1-27(58-44(72)38(36(65)25-52)63-40(68)30(55-2)10-3-5-19-49)39(67)57-26-37(66)59-32(12-7-21-51)45(73)64-23-9-14-35(64)43(71)62-34(24-28-15-17-29(48)18-16-28)42(70)60-31(11-4-6-20-50)41(69)61-33(46(74)75)13-8-22-56-47(53)54/h13,15-18,27,30-32,34-36,38,55,65H,3-12,14,19-26,49-52H2,1-2H3,(H,57,67)(H,58,72)(H,59,66)(H,60,70)(H,61,69)(H,62,71)(H,63,68)(H,74,75)(H4,53,54,56)/b33-13-/t27-,30-,31-,32+,34?,35-,36-,38-/m0/s1. The van der Waals surface area contributed by atoms with Gasteiger partial charge in [0.1, 0.15) is 41.9 Å². The molecule has 1 heterocycles. The molecule has 0 bridgehead atoms. The number of hydrogen-bond acceptors (Lipinski definition) is 16. The summed E-state index contributed by atoms with van der Waals surface area (Å²) < 4.78 is 0. The average Bonchev–Trinajstić information content (AvgIpc) is 3.88. The highest BCUT2D eigenvalue weighted by Gasteiger charge is 2.40. The van der Waals surface area contributed by atoms with E-state index in [1.807, 2.05) is 0 Å². The Morgan fingerprint density at radius 2 is 1.37 bits per heavy atom. The number of unbranched alkanes of at least 4 members (excludes halogenated alkanes) is 2. The number of nitrogens with two attached hydrogens (primary N) is 6. The molecular formula is C47H79ClN16O11. The predicted octanol–water partition coefficient (Wildman–Crippen LogP) is -4.91. The molecule has 27 nitrogen and oxygen atoms in total. The topological polar surface area (TPSA) is 462 Å². The maximum atomic E-state index is 14.2. The Labute approximate surface area is 441 Å². The monoisotopic (exact) mass is 1080 g/mol. The van der Waals surface area contributed by atoms with Crippen molar-refractivity contribution in [2.24, 2.45) is 39.4 Å². The molecule has 0 radical (unpaired) electrons. The highest BCUT2D eigenvalue weighted by Crippen LogP contribution is 2.21. The van der Waals surface area contributed by atoms with Crippen LogP contribution in [0, 0.1) is 0 Å². The molecule has 1 fully saturated rings. The summed E-state index contributed by atoms with van der Waals surface area (Å²) in [6.45, 7) is 1.26. The van der Waals surface area contributed by atoms with Gasteiger partial charge in [-0.25, -0.2) is 4.79 Å². The lowest BCUT2D eigenvalue weighted by atomic mass is 10.0. The van der Waals surface area contributed by atoms with Crippen molar-refractivity contribution in [1.29, 1.82) is 0 Å². The van der Waals surface area contributed by atoms with Gasteiger partial charge in [-0.05, 0) is 116 Å². The molecule has 1 aliphatic heterocycles. The van der Waals surface area contributed by atoms with Gasteiger partial charge < -0.3 is 92.0 Å². The van der Waals surface area contributed by atoms with E-state index in [2.05, 4.69) is 47.5 Å². The average molecular weight is 1080 g/mol. The van der Waals surface area contributed by atoms with Crippen molar-refractivity contribution in [3.63, 3.8) is 0 Å². The Morgan fingerprint density at radius 3 is 1.96 bits per heavy atom. The third-order valence-electron chi connectivity index (χ3n) is 12.0. The summed E-state index contributed by atoms with van der Waals surface area (Å²) >= 11 is 6.12. The van der Waals surface area contributed by atoms with Crippen LogP contribution in [0.5, 0.6) is 0 Å². The SMILES string of the molecule is CN[C@@H](CCCCN)C(=O)N[C@H](C(=O)N[C@@H](C)C(=O)NCC(=O)N[C@H](CCCN)C(=O)N1CCC[C@H]1C(=O)NC(Cc1ccc(Cl)cc1)C(=O)N[C@@H](CCCCN)C(=O)N/C(=C\CCN=C(N)N)C(=O)O)[C@@H](O)CN. The molecule has 8 amide bonds. The van der Waals surface area contributed by atoms with Crippen molar-refractivity contribution in [2.45, 2.75) is 132 Å². The largest absolute Gasteiger partial charge is 0.477 e. The van der Waals surface area contributed by atoms with Gasteiger partial charge >= 0.3 is 5.97 Å². The van der Waals surface area contributed by atoms with Crippen LogP contribution >= 0.6 is 11.6 Å². The third kappa shape index (κ3) is 23.3. The highest BCUT2D eigenvalue weighted by atomic mass is 35.5. The lowest BCUT2D eigenvalue weighted by molar-refractivity contribution is -0.142. The summed E-state index contributed by atoms with van der Waals surface area (Å²) in [6, 6.07) is -1.99. The van der Waals surface area contributed by atoms with Crippen molar-refractivity contribution in [1.82, 2.24) is 47.4 Å². The zero-order valence-corrected chi connectivity index (χ0v) is 43.5. The van der Waals surface area contributed by atoms with Crippen LogP contribution in [0.25, 0.3) is 0 Å². The van der Waals surface area contributed by atoms with Crippen LogP contribution in [0.2, 0.25) is 5.02 Å². The number of nitrogens with one attached hydrogen (secondary N) is 8. The fraction of sp³-hybridized carbons (Fsp3) is 0.617. The minimum atomic E-state index is -1.52. The number of amides is 8. The number of aliphatic hydroxyl groups is 1. The smallest absolute Gasteiger partial charge is 0.352 e. The Morgan fingerprint density at radius 1 is 0.760 bits per heavy atom. The molecule has 28 heteroatoms. The lowest BCUT2D eigenvalue weighted by Gasteiger charge is -2.30. The van der Waals surface area contributed by atoms with Crippen molar-refractivity contribution < 1.29 is 53.4 Å². The zero-order chi connectivity index (χ0) is 56.0. The summed E-state index contributed by atoms with van der Waals surface area (Å²) in [5.74, 6) is -7.78. The minimum absolute atomic E-state index is 0.0408. The van der Waals surface area contributed by atoms with E-state index in [9.17, 15) is 53.4 Å². The number of carboxylic acid groups (broad SMARTS) is 1. The molecule has 0 aromatic heterocycles. The second-order valence-electron chi connectivity index (χ2n) is 17.8. The van der Waals surface area contributed by atoms with Gasteiger partial charge in [-0.3, -0.25) is 43.3 Å². The number of carbonyl (C=O) groups is 9. The van der Waals surface area contributed by atoms with E-state index in [1.165, 1.54) is 17.9 Å². The molecule has 0 aliphatic carbocycles. The molecule has 75 heavy (non-hydrogen) atoms. The second-order valence-corrected chi connectivity index (χ2v) is 18.3. The maximum absolute atomic E-state index is 14.2. The number of likely N-dealkylation sites (tertiary alicyclic amines) is 1. The number of carboxylic acids is 1. The maximum Gasteiger partial charge on any atom is 0.352 e. The molecule has 22 N–H and O–H groups in total. The van der Waals surface area contributed by atoms with Gasteiger partial charge in [0.2, 0.25) is 47.3 Å². The van der Waals surface area contributed by atoms with E-state index >= 15 is 0 Å². The quantitative estimate of drug-likeness (QED) is 0.0131. The molecule has 1 aromatic carbocycles. The van der Waals surface area contributed by atoms with Crippen molar-refractivity contribution in [3.05, 3.63) is 46.6 Å². The van der Waals surface area contributed by atoms with Crippen molar-refractivity contribution >= 4 is 70.8 Å². The van der Waals surface area contributed by atoms with Crippen molar-refractivity contribution in [3.8, 4) is 0 Å². The molecule has 1 saturated heterocycles. The molecule has 8 atom stereocenters. The Kier molecular flexibility index (Phi) is 30.1. The predicted molar refractivity (Wildman–Crippen MR) is 279 cm³/mol. The summed E-state index contributed by atoms with van der Waals surface area (Å²) in [5.41, 5.74) is 33.4. The van der Waals surface area contributed by atoms with Gasteiger partial charge in [0.25, 0.3) is 0 Å². The Bertz CT molecular complexity index is 2110. The number of carbonyl (C=O) groups excluding carboxylic acids is 8. The van der Waals surface area contributed by atoms with Crippen LogP contribution in [0.1, 0.15) is 83.1 Å². The van der Waals surface area contributed by atoms with Crippen LogP contribution in [-0.2, 0) is 49.6 Å². The van der Waals surface area contributed by atoms with Crippen LogP contribution in [0.3, 0.4) is 0 Å². The lowest BCUT2D eigenvalue weighted by Crippen LogP contribution is -2.60. The fourth-order valence-corrected chi connectivity index (χ4v) is 7.95. The van der Waals surface area contributed by atoms with Gasteiger partial charge in [-0.2, -0.15) is 0 Å². The van der Waals surface area contributed by atoms with E-state index in [0.717, 1.165) is 0 Å². The molecule has 0 spiro atoms. The normalized spacial score (nSPS) is 16.1. The first-order valence-corrected chi connectivity index (χ1v) is 25.4. The van der Waals surface area contributed by atoms with Gasteiger partial charge in [-0.1, -0.05) is 36.2 Å². The minimum Gasteiger partial charge on any atom is -0.477 e. The summed E-state index contributed by atoms with van der Waals surface area (Å²) in [5, 5.41) is 41.2. The van der Waals surface area contributed by atoms with Crippen LogP contribution in [0.4, 0.5) is 0 Å². The fourth-order valence-electron chi connectivity index (χ4n) is 7.82. The number of hydrogen-bond donors (Lipinski definition) is 16. The number of aliphatic carboxylic acids is 1. The third-order valence-corrected chi connectivity index (χ3v) is 12.2. The van der Waals surface area contributed by atoms with Crippen LogP contribution in [-0.4, -0.2) is 176 Å². The van der Waals surface area contributed by atoms with E-state index in [0.29, 0.717) is 55.7 Å². The number of aliphatic hydroxyl groups excluding tert-OH is 1. The molecular weight excluding hydrogens is 1000 g/mol. The molecule has 0 saturated carbocycles. The van der Waals surface area contributed by atoms with Gasteiger partial charge in [0, 0.05) is 31.1 Å². The number of benzene rings is 1. The van der Waals surface area contributed by atoms with E-state index in [-0.39, 0.29) is 70.7 Å². The van der Waals surface area contributed by atoms with Crippen LogP contribution < -0.4 is 76.9 Å². The summed E-state index contributed by atoms with van der Waals surface area (Å²) in [7, 11) is 1.56. The number of halogens is 1. The summed E-state index contributed by atoms with van der Waals surface area (Å²) in [4.78, 5) is 126. The number of guanidine groups is 1. The van der Waals surface area contributed by atoms with E-state index < -0.39 is 120 Å². The number of rotatable bonds is 35. The van der Waals surface area contributed by atoms with Crippen molar-refractivity contribution in [2.75, 3.05) is 52.9 Å². The molecule has 1 aromatic rings. The molecule has 2 rings (SSSR count). The molecule has 1 unspecified atom stereocenters. The first kappa shape index (κ1) is 64.6. The number of nitrogens with zero attached hydrogens (tertiary/aromatic N) is 2. The first-order valence-electron chi connectivity index (χ1n) is 25.0. The Hall–Kier alpha value is -6.49. The number of likely N-dealkylation sites (N-methyl/N-ethyl adjacent to an activating group) is 1. The van der Waals surface area contributed by atoms with E-state index in [1.54, 1.807) is 31.3 Å². The number of aliphatic imine (C=N–C) groups is 1. The summed E-state index contributed by atoms with van der Waals surface area (Å²) in [6.07, 6.45) is 3.13. The Balaban J connectivity index is 2.25. The van der Waals surface area contributed by atoms with E-state index in [4.69, 9.17) is 46.0 Å². The van der Waals surface area contributed by atoms with Crippen LogP contribution in [0.15, 0.2) is 41.0 Å². The van der Waals surface area contributed by atoms with Gasteiger partial charge in [0.15, 0.2) is 5.96 Å². The highest BCUT2D eigenvalue weighted by molar-refractivity contribution is 6.30. The van der Waals surface area contributed by atoms with Gasteiger partial charge in [0.05, 0.1) is 18.7 Å². The van der Waals surface area contributed by atoms with Gasteiger partial charge in [-0.15, -0.1) is 0 Å². The second kappa shape index (κ2) is 34.9. The molecule has 1 aliphatic rings. The molecule has 420 valence electrons.